The molecule has 0 bridgehead atoms. The average molecular weight is 260 g/mol. The fourth-order valence-electron chi connectivity index (χ4n) is 2.35. The summed E-state index contributed by atoms with van der Waals surface area (Å²) in [5.74, 6) is -2.77. The Morgan fingerprint density at radius 2 is 2.11 bits per heavy atom. The first-order valence-corrected chi connectivity index (χ1v) is 6.39. The van der Waals surface area contributed by atoms with Gasteiger partial charge >= 0.3 is 5.97 Å². The summed E-state index contributed by atoms with van der Waals surface area (Å²) in [6.45, 7) is 3.66. The first kappa shape index (κ1) is 13.5. The summed E-state index contributed by atoms with van der Waals surface area (Å²) >= 11 is 0. The Labute approximate surface area is 111 Å². The summed E-state index contributed by atoms with van der Waals surface area (Å²) in [6.07, 6.45) is 1.02. The van der Waals surface area contributed by atoms with Crippen LogP contribution in [0, 0.1) is 12.8 Å². The molecule has 1 unspecified atom stereocenters. The van der Waals surface area contributed by atoms with Crippen molar-refractivity contribution in [1.82, 2.24) is 0 Å². The molecule has 100 valence electrons. The monoisotopic (exact) mass is 260 g/mol. The van der Waals surface area contributed by atoms with Gasteiger partial charge in [0, 0.05) is 5.56 Å². The molecule has 1 aliphatic carbocycles. The van der Waals surface area contributed by atoms with E-state index in [-0.39, 0.29) is 12.4 Å². The smallest absolute Gasteiger partial charge is 0.375 e. The molecule has 4 nitrogen and oxygen atoms in total. The maximum atomic E-state index is 12.3. The molecule has 2 rings (SSSR count). The molecule has 0 N–H and O–H groups in total. The molecule has 0 fully saturated rings. The number of hydrogen-bond acceptors (Lipinski definition) is 4. The van der Waals surface area contributed by atoms with Gasteiger partial charge in [-0.25, -0.2) is 4.79 Å². The lowest BCUT2D eigenvalue weighted by molar-refractivity contribution is -0.154. The highest BCUT2D eigenvalue weighted by atomic mass is 16.5. The molecular formula is C15H16O4. The van der Waals surface area contributed by atoms with Crippen LogP contribution >= 0.6 is 0 Å². The van der Waals surface area contributed by atoms with Gasteiger partial charge in [-0.2, -0.15) is 0 Å². The molecule has 0 amide bonds. The second kappa shape index (κ2) is 5.34. The Morgan fingerprint density at radius 3 is 2.79 bits per heavy atom. The molecule has 0 saturated heterocycles. The third-order valence-electron chi connectivity index (χ3n) is 3.34. The van der Waals surface area contributed by atoms with E-state index in [9.17, 15) is 14.4 Å². The highest BCUT2D eigenvalue weighted by molar-refractivity contribution is 6.39. The third kappa shape index (κ3) is 2.57. The lowest BCUT2D eigenvalue weighted by atomic mass is 9.80. The number of carbonyl (C=O) groups excluding carboxylic acids is 3. The Bertz CT molecular complexity index is 545. The lowest BCUT2D eigenvalue weighted by Crippen LogP contribution is -2.35. The van der Waals surface area contributed by atoms with Crippen molar-refractivity contribution in [3.8, 4) is 0 Å². The van der Waals surface area contributed by atoms with Crippen molar-refractivity contribution in [2.45, 2.75) is 26.7 Å². The van der Waals surface area contributed by atoms with Gasteiger partial charge in [0.2, 0.25) is 0 Å². The van der Waals surface area contributed by atoms with Crippen molar-refractivity contribution in [3.63, 3.8) is 0 Å². The van der Waals surface area contributed by atoms with Crippen molar-refractivity contribution >= 4 is 17.5 Å². The Balaban J connectivity index is 2.26. The summed E-state index contributed by atoms with van der Waals surface area (Å²) < 4.78 is 4.68. The van der Waals surface area contributed by atoms with E-state index in [1.54, 1.807) is 13.0 Å². The van der Waals surface area contributed by atoms with E-state index < -0.39 is 17.7 Å². The Morgan fingerprint density at radius 1 is 1.37 bits per heavy atom. The van der Waals surface area contributed by atoms with Gasteiger partial charge in [-0.3, -0.25) is 9.59 Å². The van der Waals surface area contributed by atoms with Crippen molar-refractivity contribution in [2.75, 3.05) is 6.61 Å². The molecule has 1 aromatic carbocycles. The highest BCUT2D eigenvalue weighted by Crippen LogP contribution is 2.27. The van der Waals surface area contributed by atoms with E-state index in [0.717, 1.165) is 11.1 Å². The third-order valence-corrected chi connectivity index (χ3v) is 3.34. The largest absolute Gasteiger partial charge is 0.460 e. The predicted molar refractivity (Wildman–Crippen MR) is 69.0 cm³/mol. The maximum Gasteiger partial charge on any atom is 0.375 e. The van der Waals surface area contributed by atoms with Gasteiger partial charge in [-0.05, 0) is 38.3 Å². The number of esters is 1. The summed E-state index contributed by atoms with van der Waals surface area (Å²) in [7, 11) is 0. The first-order valence-electron chi connectivity index (χ1n) is 6.39. The second-order valence-electron chi connectivity index (χ2n) is 4.70. The number of Topliss-reactive ketones (excluding diaryl/α,β-unsaturated/α-hetero) is 2. The Kier molecular flexibility index (Phi) is 3.79. The quantitative estimate of drug-likeness (QED) is 0.473. The molecule has 0 aromatic heterocycles. The van der Waals surface area contributed by atoms with Crippen LogP contribution in [-0.2, 0) is 20.7 Å². The summed E-state index contributed by atoms with van der Waals surface area (Å²) in [6, 6.07) is 5.63. The van der Waals surface area contributed by atoms with Crippen LogP contribution in [0.15, 0.2) is 18.2 Å². The minimum absolute atomic E-state index is 0.140. The molecule has 4 heteroatoms. The van der Waals surface area contributed by atoms with Crippen molar-refractivity contribution in [2.24, 2.45) is 5.92 Å². The maximum absolute atomic E-state index is 12.3. The minimum Gasteiger partial charge on any atom is -0.460 e. The molecule has 1 aliphatic rings. The van der Waals surface area contributed by atoms with E-state index in [1.807, 2.05) is 19.1 Å². The molecule has 0 radical (unpaired) electrons. The highest BCUT2D eigenvalue weighted by Gasteiger charge is 2.36. The van der Waals surface area contributed by atoms with Gasteiger partial charge in [0.1, 0.15) is 0 Å². The van der Waals surface area contributed by atoms with Crippen LogP contribution in [-0.4, -0.2) is 24.1 Å². The molecule has 0 heterocycles. The zero-order valence-electron chi connectivity index (χ0n) is 11.1. The van der Waals surface area contributed by atoms with Crippen LogP contribution < -0.4 is 0 Å². The van der Waals surface area contributed by atoms with Crippen molar-refractivity contribution in [1.29, 1.82) is 0 Å². The van der Waals surface area contributed by atoms with Gasteiger partial charge in [0.15, 0.2) is 5.78 Å². The van der Waals surface area contributed by atoms with Gasteiger partial charge in [-0.15, -0.1) is 0 Å². The van der Waals surface area contributed by atoms with Crippen LogP contribution in [0.1, 0.15) is 34.8 Å². The van der Waals surface area contributed by atoms with Gasteiger partial charge < -0.3 is 4.74 Å². The van der Waals surface area contributed by atoms with Gasteiger partial charge in [0.25, 0.3) is 5.78 Å². The molecule has 1 atom stereocenters. The average Bonchev–Trinajstić information content (AvgIpc) is 2.39. The second-order valence-corrected chi connectivity index (χ2v) is 4.70. The number of ketones is 2. The Hall–Kier alpha value is -1.97. The van der Waals surface area contributed by atoms with Crippen LogP contribution in [0.2, 0.25) is 0 Å². The molecule has 0 spiro atoms. The predicted octanol–water partition coefficient (Wildman–Crippen LogP) is 1.87. The molecule has 19 heavy (non-hydrogen) atoms. The van der Waals surface area contributed by atoms with Gasteiger partial charge in [0.05, 0.1) is 12.5 Å². The van der Waals surface area contributed by atoms with E-state index in [2.05, 4.69) is 4.74 Å². The van der Waals surface area contributed by atoms with E-state index >= 15 is 0 Å². The molecular weight excluding hydrogens is 244 g/mol. The SMILES string of the molecule is CCOC(=O)C(=O)C1CCc2ccc(C)cc2C1=O. The van der Waals surface area contributed by atoms with E-state index in [4.69, 9.17) is 0 Å². The summed E-state index contributed by atoms with van der Waals surface area (Å²) in [4.78, 5) is 35.6. The number of benzene rings is 1. The zero-order valence-corrected chi connectivity index (χ0v) is 11.1. The molecule has 0 aliphatic heterocycles. The normalized spacial score (nSPS) is 17.8. The number of carbonyl (C=O) groups is 3. The number of fused-ring (bicyclic) bond motifs is 1. The number of aryl methyl sites for hydroxylation is 2. The van der Waals surface area contributed by atoms with Crippen molar-refractivity contribution < 1.29 is 19.1 Å². The number of rotatable bonds is 3. The molecule has 0 saturated carbocycles. The summed E-state index contributed by atoms with van der Waals surface area (Å²) in [5.41, 5.74) is 2.48. The van der Waals surface area contributed by atoms with Crippen LogP contribution in [0.4, 0.5) is 0 Å². The van der Waals surface area contributed by atoms with Crippen LogP contribution in [0.3, 0.4) is 0 Å². The number of ether oxygens (including phenoxy) is 1. The van der Waals surface area contributed by atoms with E-state index in [1.165, 1.54) is 0 Å². The summed E-state index contributed by atoms with van der Waals surface area (Å²) in [5, 5.41) is 0. The standard InChI is InChI=1S/C15H16O4/c1-3-19-15(18)14(17)11-7-6-10-5-4-9(2)8-12(10)13(11)16/h4-5,8,11H,3,6-7H2,1-2H3. The first-order chi connectivity index (χ1) is 9.04. The zero-order chi connectivity index (χ0) is 14.0. The van der Waals surface area contributed by atoms with Crippen LogP contribution in [0.25, 0.3) is 0 Å². The van der Waals surface area contributed by atoms with Gasteiger partial charge in [-0.1, -0.05) is 17.7 Å². The lowest BCUT2D eigenvalue weighted by Gasteiger charge is -2.21. The number of hydrogen-bond donors (Lipinski definition) is 0. The fourth-order valence-corrected chi connectivity index (χ4v) is 2.35. The fraction of sp³-hybridized carbons (Fsp3) is 0.400. The van der Waals surface area contributed by atoms with E-state index in [0.29, 0.717) is 18.4 Å². The topological polar surface area (TPSA) is 60.4 Å². The van der Waals surface area contributed by atoms with Crippen molar-refractivity contribution in [3.05, 3.63) is 34.9 Å². The minimum atomic E-state index is -0.906. The van der Waals surface area contributed by atoms with Crippen LogP contribution in [0.5, 0.6) is 0 Å². The molecule has 1 aromatic rings.